The Morgan fingerprint density at radius 3 is 2.40 bits per heavy atom. The summed E-state index contributed by atoms with van der Waals surface area (Å²) in [7, 11) is -3.70. The molecule has 0 aromatic heterocycles. The molecule has 0 heterocycles. The van der Waals surface area contributed by atoms with Crippen molar-refractivity contribution in [2.45, 2.75) is 18.4 Å². The quantitative estimate of drug-likeness (QED) is 0.849. The van der Waals surface area contributed by atoms with E-state index >= 15 is 0 Å². The molecule has 0 unspecified atom stereocenters. The van der Waals surface area contributed by atoms with E-state index in [1.807, 2.05) is 0 Å². The van der Waals surface area contributed by atoms with Gasteiger partial charge in [0.2, 0.25) is 10.0 Å². The third kappa shape index (κ3) is 3.15. The lowest BCUT2D eigenvalue weighted by atomic mass is 10.2. The Bertz CT molecular complexity index is 692. The molecule has 0 radical (unpaired) electrons. The summed E-state index contributed by atoms with van der Waals surface area (Å²) < 4.78 is 39.7. The molecule has 0 amide bonds. The topological polar surface area (TPSA) is 72.2 Å². The smallest absolute Gasteiger partial charge is 0.243 e. The highest BCUT2D eigenvalue weighted by Crippen LogP contribution is 2.22. The lowest BCUT2D eigenvalue weighted by Gasteiger charge is -2.11. The molecule has 0 aliphatic heterocycles. The lowest BCUT2D eigenvalue weighted by molar-refractivity contribution is 0.581. The molecular weight excluding hydrogens is 279 g/mol. The summed E-state index contributed by atoms with van der Waals surface area (Å²) in [6.45, 7) is 1.76. The molecule has 0 saturated heterocycles. The molecular formula is C14H15FN2O2S. The Morgan fingerprint density at radius 1 is 1.15 bits per heavy atom. The Hall–Kier alpha value is -1.92. The third-order valence-electron chi connectivity index (χ3n) is 2.89. The first-order valence-electron chi connectivity index (χ1n) is 5.99. The first kappa shape index (κ1) is 14.5. The van der Waals surface area contributed by atoms with E-state index in [1.54, 1.807) is 25.1 Å². The van der Waals surface area contributed by atoms with Gasteiger partial charge in [0.05, 0.1) is 5.69 Å². The van der Waals surface area contributed by atoms with Gasteiger partial charge >= 0.3 is 0 Å². The van der Waals surface area contributed by atoms with Crippen molar-refractivity contribution in [3.05, 3.63) is 59.4 Å². The number of halogens is 1. The fourth-order valence-corrected chi connectivity index (χ4v) is 3.27. The molecule has 6 heteroatoms. The van der Waals surface area contributed by atoms with E-state index in [2.05, 4.69) is 4.72 Å². The minimum atomic E-state index is -3.70. The summed E-state index contributed by atoms with van der Waals surface area (Å²) in [6, 6.07) is 10.5. The average Bonchev–Trinajstić information content (AvgIpc) is 2.37. The second-order valence-electron chi connectivity index (χ2n) is 4.44. The number of sulfonamides is 1. The average molecular weight is 294 g/mol. The predicted molar refractivity (Wildman–Crippen MR) is 76.0 cm³/mol. The van der Waals surface area contributed by atoms with Crippen LogP contribution in [0.25, 0.3) is 0 Å². The number of aryl methyl sites for hydroxylation is 1. The van der Waals surface area contributed by atoms with E-state index in [0.717, 1.165) is 0 Å². The molecule has 0 saturated carbocycles. The van der Waals surface area contributed by atoms with Crippen LogP contribution in [0.3, 0.4) is 0 Å². The Balaban J connectivity index is 2.22. The van der Waals surface area contributed by atoms with Gasteiger partial charge in [0.25, 0.3) is 0 Å². The van der Waals surface area contributed by atoms with E-state index < -0.39 is 10.0 Å². The highest BCUT2D eigenvalue weighted by molar-refractivity contribution is 7.89. The first-order valence-corrected chi connectivity index (χ1v) is 7.47. The largest absolute Gasteiger partial charge is 0.398 e. The second kappa shape index (κ2) is 5.60. The molecule has 0 aliphatic rings. The summed E-state index contributed by atoms with van der Waals surface area (Å²) >= 11 is 0. The van der Waals surface area contributed by atoms with Crippen molar-refractivity contribution in [2.24, 2.45) is 0 Å². The Morgan fingerprint density at radius 2 is 1.80 bits per heavy atom. The van der Waals surface area contributed by atoms with Crippen molar-refractivity contribution in [2.75, 3.05) is 5.73 Å². The highest BCUT2D eigenvalue weighted by Gasteiger charge is 2.19. The van der Waals surface area contributed by atoms with Gasteiger partial charge in [-0.1, -0.05) is 24.3 Å². The van der Waals surface area contributed by atoms with Crippen LogP contribution < -0.4 is 10.5 Å². The van der Waals surface area contributed by atoms with E-state index in [-0.39, 0.29) is 22.9 Å². The second-order valence-corrected chi connectivity index (χ2v) is 6.15. The molecule has 4 nitrogen and oxygen atoms in total. The zero-order valence-electron chi connectivity index (χ0n) is 10.9. The van der Waals surface area contributed by atoms with E-state index in [0.29, 0.717) is 11.1 Å². The summed E-state index contributed by atoms with van der Waals surface area (Å²) in [4.78, 5) is 0.0853. The number of anilines is 1. The van der Waals surface area contributed by atoms with Gasteiger partial charge < -0.3 is 5.73 Å². The SMILES string of the molecule is Cc1cccc(N)c1S(=O)(=O)NCc1ccc(F)cc1. The van der Waals surface area contributed by atoms with Gasteiger partial charge in [-0.25, -0.2) is 17.5 Å². The minimum absolute atomic E-state index is 0.0797. The Labute approximate surface area is 117 Å². The molecule has 0 atom stereocenters. The fraction of sp³-hybridized carbons (Fsp3) is 0.143. The van der Waals surface area contributed by atoms with Gasteiger partial charge in [0.15, 0.2) is 0 Å². The number of nitrogens with two attached hydrogens (primary N) is 1. The lowest BCUT2D eigenvalue weighted by Crippen LogP contribution is -2.25. The van der Waals surface area contributed by atoms with Crippen LogP contribution in [0.4, 0.5) is 10.1 Å². The molecule has 2 rings (SSSR count). The van der Waals surface area contributed by atoms with E-state index in [9.17, 15) is 12.8 Å². The predicted octanol–water partition coefficient (Wildman–Crippen LogP) is 2.19. The summed E-state index contributed by atoms with van der Waals surface area (Å²) in [5.74, 6) is -0.361. The number of hydrogen-bond acceptors (Lipinski definition) is 3. The molecule has 0 bridgehead atoms. The van der Waals surface area contributed by atoms with Crippen molar-refractivity contribution in [3.63, 3.8) is 0 Å². The maximum Gasteiger partial charge on any atom is 0.243 e. The van der Waals surface area contributed by atoms with Crippen LogP contribution in [0.1, 0.15) is 11.1 Å². The van der Waals surface area contributed by atoms with Crippen molar-refractivity contribution >= 4 is 15.7 Å². The first-order chi connectivity index (χ1) is 9.40. The molecule has 2 aromatic carbocycles. The van der Waals surface area contributed by atoms with Crippen LogP contribution in [0.2, 0.25) is 0 Å². The van der Waals surface area contributed by atoms with Crippen molar-refractivity contribution in [1.82, 2.24) is 4.72 Å². The summed E-state index contributed by atoms with van der Waals surface area (Å²) in [5, 5.41) is 0. The zero-order valence-corrected chi connectivity index (χ0v) is 11.7. The number of benzene rings is 2. The fourth-order valence-electron chi connectivity index (χ4n) is 1.90. The van der Waals surface area contributed by atoms with Crippen LogP contribution in [0, 0.1) is 12.7 Å². The molecule has 0 fully saturated rings. The number of rotatable bonds is 4. The van der Waals surface area contributed by atoms with Gasteiger partial charge in [-0.15, -0.1) is 0 Å². The molecule has 3 N–H and O–H groups in total. The number of nitrogen functional groups attached to an aromatic ring is 1. The van der Waals surface area contributed by atoms with Crippen LogP contribution in [-0.4, -0.2) is 8.42 Å². The minimum Gasteiger partial charge on any atom is -0.398 e. The van der Waals surface area contributed by atoms with Crippen LogP contribution in [-0.2, 0) is 16.6 Å². The standard InChI is InChI=1S/C14H15FN2O2S/c1-10-3-2-4-13(16)14(10)20(18,19)17-9-11-5-7-12(15)8-6-11/h2-8,17H,9,16H2,1H3. The Kier molecular flexibility index (Phi) is 4.06. The van der Waals surface area contributed by atoms with Crippen molar-refractivity contribution in [3.8, 4) is 0 Å². The normalized spacial score (nSPS) is 11.5. The summed E-state index contributed by atoms with van der Waals surface area (Å²) in [6.07, 6.45) is 0. The molecule has 0 spiro atoms. The van der Waals surface area contributed by atoms with Crippen LogP contribution in [0.15, 0.2) is 47.4 Å². The maximum absolute atomic E-state index is 12.8. The van der Waals surface area contributed by atoms with Gasteiger partial charge in [0, 0.05) is 6.54 Å². The van der Waals surface area contributed by atoms with Gasteiger partial charge in [0.1, 0.15) is 10.7 Å². The summed E-state index contributed by atoms with van der Waals surface area (Å²) in [5.41, 5.74) is 7.18. The van der Waals surface area contributed by atoms with Crippen LogP contribution >= 0.6 is 0 Å². The van der Waals surface area contributed by atoms with Gasteiger partial charge in [-0.05, 0) is 36.2 Å². The molecule has 2 aromatic rings. The van der Waals surface area contributed by atoms with Crippen molar-refractivity contribution < 1.29 is 12.8 Å². The highest BCUT2D eigenvalue weighted by atomic mass is 32.2. The van der Waals surface area contributed by atoms with Gasteiger partial charge in [-0.2, -0.15) is 0 Å². The maximum atomic E-state index is 12.8. The number of hydrogen-bond donors (Lipinski definition) is 2. The number of nitrogens with one attached hydrogen (secondary N) is 1. The zero-order chi connectivity index (χ0) is 14.8. The van der Waals surface area contributed by atoms with E-state index in [4.69, 9.17) is 5.73 Å². The molecule has 0 aliphatic carbocycles. The monoisotopic (exact) mass is 294 g/mol. The molecule has 20 heavy (non-hydrogen) atoms. The molecule has 106 valence electrons. The van der Waals surface area contributed by atoms with Crippen molar-refractivity contribution in [1.29, 1.82) is 0 Å². The van der Waals surface area contributed by atoms with E-state index in [1.165, 1.54) is 24.3 Å². The van der Waals surface area contributed by atoms with Gasteiger partial charge in [-0.3, -0.25) is 0 Å². The third-order valence-corrected chi connectivity index (χ3v) is 4.51. The van der Waals surface area contributed by atoms with Crippen LogP contribution in [0.5, 0.6) is 0 Å².